The maximum atomic E-state index is 8.47. The Bertz CT molecular complexity index is 455. The molecule has 1 unspecified atom stereocenters. The van der Waals surface area contributed by atoms with Crippen LogP contribution in [0.15, 0.2) is 12.1 Å². The van der Waals surface area contributed by atoms with E-state index in [4.69, 9.17) is 32.1 Å². The molecule has 0 spiro atoms. The Morgan fingerprint density at radius 1 is 1.47 bits per heavy atom. The fourth-order valence-electron chi connectivity index (χ4n) is 1.73. The highest BCUT2D eigenvalue weighted by molar-refractivity contribution is 6.32. The Labute approximate surface area is 119 Å². The van der Waals surface area contributed by atoms with Crippen LogP contribution in [0.5, 0.6) is 11.5 Å². The van der Waals surface area contributed by atoms with E-state index < -0.39 is 0 Å². The number of halogens is 1. The zero-order valence-corrected chi connectivity index (χ0v) is 12.0. The number of rotatable bonds is 7. The average Bonchev–Trinajstić information content (AvgIpc) is 2.35. The fraction of sp³-hybridized carbons (Fsp3) is 0.500. The summed E-state index contributed by atoms with van der Waals surface area (Å²) in [7, 11) is 1.57. The van der Waals surface area contributed by atoms with Gasteiger partial charge in [-0.1, -0.05) is 11.6 Å². The zero-order chi connectivity index (χ0) is 14.3. The summed E-state index contributed by atoms with van der Waals surface area (Å²) in [6, 6.07) is 5.85. The highest BCUT2D eigenvalue weighted by Crippen LogP contribution is 2.36. The normalized spacial score (nSPS) is 11.7. The molecule has 0 aliphatic carbocycles. The summed E-state index contributed by atoms with van der Waals surface area (Å²) in [6.45, 7) is 2.38. The van der Waals surface area contributed by atoms with Gasteiger partial charge in [0.05, 0.1) is 24.8 Å². The third-order valence-corrected chi connectivity index (χ3v) is 2.81. The van der Waals surface area contributed by atoms with Gasteiger partial charge in [0.25, 0.3) is 0 Å². The quantitative estimate of drug-likeness (QED) is 0.781. The number of methoxy groups -OCH3 is 1. The van der Waals surface area contributed by atoms with Crippen molar-refractivity contribution in [3.8, 4) is 17.6 Å². The Morgan fingerprint density at radius 3 is 2.79 bits per heavy atom. The van der Waals surface area contributed by atoms with Gasteiger partial charge in [-0.25, -0.2) is 0 Å². The van der Waals surface area contributed by atoms with Crippen LogP contribution in [0, 0.1) is 11.3 Å². The van der Waals surface area contributed by atoms with Crippen molar-refractivity contribution in [1.29, 1.82) is 5.26 Å². The van der Waals surface area contributed by atoms with Crippen molar-refractivity contribution < 1.29 is 9.47 Å². The first-order valence-electron chi connectivity index (χ1n) is 6.20. The van der Waals surface area contributed by atoms with Crippen LogP contribution >= 0.6 is 11.6 Å². The van der Waals surface area contributed by atoms with Crippen molar-refractivity contribution in [2.24, 2.45) is 5.73 Å². The number of nitrogens with zero attached hydrogens (tertiary/aromatic N) is 1. The first kappa shape index (κ1) is 15.6. The number of hydrogen-bond donors (Lipinski definition) is 1. The SMILES string of the molecule is COc1cc(CC(C)N)cc(Cl)c1OCCCC#N. The van der Waals surface area contributed by atoms with Crippen LogP contribution in [0.1, 0.15) is 25.3 Å². The molecule has 1 atom stereocenters. The summed E-state index contributed by atoms with van der Waals surface area (Å²) in [6.07, 6.45) is 1.85. The smallest absolute Gasteiger partial charge is 0.179 e. The lowest BCUT2D eigenvalue weighted by Gasteiger charge is -2.14. The van der Waals surface area contributed by atoms with E-state index >= 15 is 0 Å². The molecule has 0 amide bonds. The van der Waals surface area contributed by atoms with Crippen LogP contribution in [0.2, 0.25) is 5.02 Å². The average molecular weight is 283 g/mol. The molecule has 0 fully saturated rings. The van der Waals surface area contributed by atoms with Crippen molar-refractivity contribution in [2.75, 3.05) is 13.7 Å². The van der Waals surface area contributed by atoms with E-state index in [0.29, 0.717) is 36.0 Å². The van der Waals surface area contributed by atoms with Gasteiger partial charge in [0.1, 0.15) is 0 Å². The van der Waals surface area contributed by atoms with Gasteiger partial charge in [0.15, 0.2) is 11.5 Å². The number of ether oxygens (including phenoxy) is 2. The number of benzene rings is 1. The summed E-state index contributed by atoms with van der Waals surface area (Å²) in [5.41, 5.74) is 6.79. The van der Waals surface area contributed by atoms with Crippen molar-refractivity contribution in [1.82, 2.24) is 0 Å². The van der Waals surface area contributed by atoms with E-state index in [0.717, 1.165) is 12.0 Å². The van der Waals surface area contributed by atoms with Crippen molar-refractivity contribution in [3.63, 3.8) is 0 Å². The van der Waals surface area contributed by atoms with Gasteiger partial charge in [-0.3, -0.25) is 0 Å². The second-order valence-corrected chi connectivity index (χ2v) is 4.81. The van der Waals surface area contributed by atoms with Gasteiger partial charge in [-0.05, 0) is 37.5 Å². The van der Waals surface area contributed by atoms with Crippen molar-refractivity contribution in [2.45, 2.75) is 32.2 Å². The Morgan fingerprint density at radius 2 is 2.21 bits per heavy atom. The van der Waals surface area contributed by atoms with Crippen LogP contribution in [0.4, 0.5) is 0 Å². The Kier molecular flexibility index (Phi) is 6.48. The molecule has 0 aromatic heterocycles. The molecule has 104 valence electrons. The monoisotopic (exact) mass is 282 g/mol. The molecule has 0 aliphatic heterocycles. The van der Waals surface area contributed by atoms with E-state index in [1.54, 1.807) is 7.11 Å². The minimum absolute atomic E-state index is 0.0585. The van der Waals surface area contributed by atoms with Gasteiger partial charge in [0.2, 0.25) is 0 Å². The van der Waals surface area contributed by atoms with Gasteiger partial charge >= 0.3 is 0 Å². The predicted molar refractivity (Wildman–Crippen MR) is 75.7 cm³/mol. The molecule has 0 bridgehead atoms. The van der Waals surface area contributed by atoms with Gasteiger partial charge in [0, 0.05) is 12.5 Å². The van der Waals surface area contributed by atoms with Crippen LogP contribution in [-0.4, -0.2) is 19.8 Å². The number of nitriles is 1. The maximum Gasteiger partial charge on any atom is 0.179 e. The second-order valence-electron chi connectivity index (χ2n) is 4.40. The summed E-state index contributed by atoms with van der Waals surface area (Å²) >= 11 is 6.20. The third kappa shape index (κ3) is 4.98. The van der Waals surface area contributed by atoms with Gasteiger partial charge in [-0.2, -0.15) is 5.26 Å². The molecule has 1 rings (SSSR count). The molecule has 5 heteroatoms. The Hall–Kier alpha value is -1.44. The molecule has 0 aliphatic rings. The molecule has 0 heterocycles. The number of unbranched alkanes of at least 4 members (excludes halogenated alkanes) is 1. The third-order valence-electron chi connectivity index (χ3n) is 2.53. The van der Waals surface area contributed by atoms with Crippen molar-refractivity contribution in [3.05, 3.63) is 22.7 Å². The summed E-state index contributed by atoms with van der Waals surface area (Å²) < 4.78 is 10.9. The summed E-state index contributed by atoms with van der Waals surface area (Å²) in [5, 5.41) is 8.98. The molecule has 0 radical (unpaired) electrons. The maximum absolute atomic E-state index is 8.47. The second kappa shape index (κ2) is 7.88. The van der Waals surface area contributed by atoms with Crippen LogP contribution in [-0.2, 0) is 6.42 Å². The van der Waals surface area contributed by atoms with E-state index in [2.05, 4.69) is 6.07 Å². The van der Waals surface area contributed by atoms with Crippen LogP contribution < -0.4 is 15.2 Å². The zero-order valence-electron chi connectivity index (χ0n) is 11.3. The molecule has 1 aromatic carbocycles. The standard InChI is InChI=1S/C14H19ClN2O2/c1-10(17)7-11-8-12(15)14(13(9-11)18-2)19-6-4-3-5-16/h8-10H,3-4,6-7,17H2,1-2H3. The molecule has 0 saturated carbocycles. The number of nitrogens with two attached hydrogens (primary N) is 1. The van der Waals surface area contributed by atoms with Gasteiger partial charge in [-0.15, -0.1) is 0 Å². The first-order valence-corrected chi connectivity index (χ1v) is 6.58. The minimum Gasteiger partial charge on any atom is -0.493 e. The van der Waals surface area contributed by atoms with Crippen LogP contribution in [0.3, 0.4) is 0 Å². The summed E-state index contributed by atoms with van der Waals surface area (Å²) in [4.78, 5) is 0. The van der Waals surface area contributed by atoms with E-state index in [-0.39, 0.29) is 6.04 Å². The number of hydrogen-bond acceptors (Lipinski definition) is 4. The molecule has 1 aromatic rings. The fourth-order valence-corrected chi connectivity index (χ4v) is 2.02. The lowest BCUT2D eigenvalue weighted by molar-refractivity contribution is 0.290. The topological polar surface area (TPSA) is 68.3 Å². The van der Waals surface area contributed by atoms with Crippen molar-refractivity contribution >= 4 is 11.6 Å². The molecule has 4 nitrogen and oxygen atoms in total. The van der Waals surface area contributed by atoms with E-state index in [9.17, 15) is 0 Å². The minimum atomic E-state index is 0.0585. The lowest BCUT2D eigenvalue weighted by atomic mass is 10.1. The Balaban J connectivity index is 2.83. The van der Waals surface area contributed by atoms with E-state index in [1.165, 1.54) is 0 Å². The highest BCUT2D eigenvalue weighted by Gasteiger charge is 2.12. The molecule has 2 N–H and O–H groups in total. The molecular formula is C14H19ClN2O2. The first-order chi connectivity index (χ1) is 9.08. The highest BCUT2D eigenvalue weighted by atomic mass is 35.5. The lowest BCUT2D eigenvalue weighted by Crippen LogP contribution is -2.17. The molecular weight excluding hydrogens is 264 g/mol. The predicted octanol–water partition coefficient (Wildman–Crippen LogP) is 2.92. The van der Waals surface area contributed by atoms with Gasteiger partial charge < -0.3 is 15.2 Å². The van der Waals surface area contributed by atoms with E-state index in [1.807, 2.05) is 19.1 Å². The molecule has 19 heavy (non-hydrogen) atoms. The van der Waals surface area contributed by atoms with Crippen LogP contribution in [0.25, 0.3) is 0 Å². The molecule has 0 saturated heterocycles. The largest absolute Gasteiger partial charge is 0.493 e. The summed E-state index contributed by atoms with van der Waals surface area (Å²) in [5.74, 6) is 1.12.